The molecule has 0 aliphatic heterocycles. The lowest BCUT2D eigenvalue weighted by Gasteiger charge is -2.12. The molecule has 1 atom stereocenters. The van der Waals surface area contributed by atoms with Crippen molar-refractivity contribution in [2.75, 3.05) is 7.11 Å². The van der Waals surface area contributed by atoms with Gasteiger partial charge in [-0.1, -0.05) is 57.6 Å². The summed E-state index contributed by atoms with van der Waals surface area (Å²) in [6.07, 6.45) is 14.8. The van der Waals surface area contributed by atoms with Crippen molar-refractivity contribution in [3.63, 3.8) is 0 Å². The van der Waals surface area contributed by atoms with E-state index in [1.807, 2.05) is 6.08 Å². The second-order valence-electron chi connectivity index (χ2n) is 6.06. The van der Waals surface area contributed by atoms with Crippen LogP contribution in [0.25, 0.3) is 0 Å². The molecule has 134 valence electrons. The summed E-state index contributed by atoms with van der Waals surface area (Å²) < 4.78 is 5.28. The minimum absolute atomic E-state index is 0.175. The first-order valence-electron chi connectivity index (χ1n) is 9.04. The highest BCUT2D eigenvalue weighted by Gasteiger charge is 2.15. The molecule has 0 amide bonds. The van der Waals surface area contributed by atoms with Gasteiger partial charge < -0.3 is 9.84 Å². The molecular formula is C19H34O4. The van der Waals surface area contributed by atoms with Crippen molar-refractivity contribution in [1.29, 1.82) is 0 Å². The van der Waals surface area contributed by atoms with E-state index in [2.05, 4.69) is 13.0 Å². The van der Waals surface area contributed by atoms with Crippen LogP contribution < -0.4 is 0 Å². The Morgan fingerprint density at radius 3 is 2.35 bits per heavy atom. The summed E-state index contributed by atoms with van der Waals surface area (Å²) in [5.74, 6) is -0.532. The first-order chi connectivity index (χ1) is 11.1. The molecular weight excluding hydrogens is 292 g/mol. The van der Waals surface area contributed by atoms with Crippen LogP contribution in [0.2, 0.25) is 0 Å². The summed E-state index contributed by atoms with van der Waals surface area (Å²) in [6, 6.07) is 0. The second kappa shape index (κ2) is 15.7. The van der Waals surface area contributed by atoms with Gasteiger partial charge in [-0.3, -0.25) is 9.59 Å². The highest BCUT2D eigenvalue weighted by molar-refractivity contribution is 5.84. The molecule has 0 spiro atoms. The van der Waals surface area contributed by atoms with E-state index in [-0.39, 0.29) is 18.3 Å². The Kier molecular flexibility index (Phi) is 14.9. The maximum absolute atomic E-state index is 12.0. The summed E-state index contributed by atoms with van der Waals surface area (Å²) in [7, 11) is 1.61. The Hall–Kier alpha value is -1.16. The van der Waals surface area contributed by atoms with Gasteiger partial charge in [-0.05, 0) is 25.7 Å². The van der Waals surface area contributed by atoms with Crippen molar-refractivity contribution >= 4 is 11.8 Å². The van der Waals surface area contributed by atoms with Crippen molar-refractivity contribution in [3.8, 4) is 0 Å². The molecule has 0 aliphatic rings. The minimum atomic E-state index is -0.707. The largest absolute Gasteiger partial charge is 0.481 e. The number of carbonyl (C=O) groups is 2. The first-order valence-corrected chi connectivity index (χ1v) is 9.04. The number of methoxy groups -OCH3 is 1. The van der Waals surface area contributed by atoms with Crippen LogP contribution >= 0.6 is 0 Å². The van der Waals surface area contributed by atoms with Gasteiger partial charge in [0.05, 0.1) is 0 Å². The van der Waals surface area contributed by atoms with Gasteiger partial charge >= 0.3 is 5.97 Å². The van der Waals surface area contributed by atoms with Gasteiger partial charge in [0.15, 0.2) is 5.78 Å². The van der Waals surface area contributed by atoms with Crippen LogP contribution in [-0.4, -0.2) is 30.1 Å². The van der Waals surface area contributed by atoms with E-state index in [4.69, 9.17) is 9.84 Å². The maximum atomic E-state index is 12.0. The number of aliphatic carboxylic acids is 1. The lowest BCUT2D eigenvalue weighted by molar-refractivity contribution is -0.137. The number of hydrogen-bond donors (Lipinski definition) is 1. The number of carboxylic acids is 1. The SMILES string of the molecule is CCCCCC(OC)C(=O)C/C=C\CCCCCCCC(=O)O. The molecule has 0 heterocycles. The van der Waals surface area contributed by atoms with E-state index in [9.17, 15) is 9.59 Å². The summed E-state index contributed by atoms with van der Waals surface area (Å²) >= 11 is 0. The minimum Gasteiger partial charge on any atom is -0.481 e. The lowest BCUT2D eigenvalue weighted by atomic mass is 10.0. The van der Waals surface area contributed by atoms with Crippen molar-refractivity contribution in [2.24, 2.45) is 0 Å². The monoisotopic (exact) mass is 326 g/mol. The van der Waals surface area contributed by atoms with Crippen molar-refractivity contribution < 1.29 is 19.4 Å². The van der Waals surface area contributed by atoms with Crippen LogP contribution in [0.1, 0.15) is 84.0 Å². The van der Waals surface area contributed by atoms with Crippen LogP contribution in [0.15, 0.2) is 12.2 Å². The van der Waals surface area contributed by atoms with E-state index in [0.717, 1.165) is 64.2 Å². The number of unbranched alkanes of at least 4 members (excludes halogenated alkanes) is 7. The molecule has 0 aromatic rings. The summed E-state index contributed by atoms with van der Waals surface area (Å²) in [6.45, 7) is 2.15. The molecule has 0 saturated heterocycles. The quantitative estimate of drug-likeness (QED) is 0.323. The topological polar surface area (TPSA) is 63.6 Å². The van der Waals surface area contributed by atoms with E-state index in [0.29, 0.717) is 6.42 Å². The van der Waals surface area contributed by atoms with Gasteiger partial charge in [0, 0.05) is 20.0 Å². The summed E-state index contributed by atoms with van der Waals surface area (Å²) in [5.41, 5.74) is 0. The molecule has 0 aliphatic carbocycles. The highest BCUT2D eigenvalue weighted by atomic mass is 16.5. The number of allylic oxidation sites excluding steroid dienone is 2. The predicted molar refractivity (Wildman–Crippen MR) is 93.7 cm³/mol. The Morgan fingerprint density at radius 1 is 1.00 bits per heavy atom. The normalized spacial score (nSPS) is 12.6. The zero-order valence-corrected chi connectivity index (χ0v) is 14.9. The fourth-order valence-corrected chi connectivity index (χ4v) is 2.51. The third-order valence-corrected chi connectivity index (χ3v) is 3.96. The Bertz CT molecular complexity index is 336. The van der Waals surface area contributed by atoms with E-state index >= 15 is 0 Å². The standard InChI is InChI=1S/C19H34O4/c1-3-4-11-15-18(23-2)17(20)14-12-9-7-5-6-8-10-13-16-19(21)22/h9,12,18H,3-8,10-11,13-16H2,1-2H3,(H,21,22)/b12-9-. The van der Waals surface area contributed by atoms with Gasteiger partial charge in [-0.25, -0.2) is 0 Å². The Labute approximate surface area is 141 Å². The van der Waals surface area contributed by atoms with Crippen molar-refractivity contribution in [3.05, 3.63) is 12.2 Å². The Balaban J connectivity index is 3.60. The fourth-order valence-electron chi connectivity index (χ4n) is 2.51. The van der Waals surface area contributed by atoms with Crippen LogP contribution in [-0.2, 0) is 14.3 Å². The molecule has 0 bridgehead atoms. The molecule has 1 N–H and O–H groups in total. The molecule has 0 aromatic heterocycles. The van der Waals surface area contributed by atoms with Gasteiger partial charge in [0.1, 0.15) is 6.10 Å². The first kappa shape index (κ1) is 21.8. The third kappa shape index (κ3) is 14.2. The smallest absolute Gasteiger partial charge is 0.303 e. The van der Waals surface area contributed by atoms with Gasteiger partial charge in [-0.15, -0.1) is 0 Å². The zero-order chi connectivity index (χ0) is 17.3. The van der Waals surface area contributed by atoms with Crippen LogP contribution in [0.5, 0.6) is 0 Å². The highest BCUT2D eigenvalue weighted by Crippen LogP contribution is 2.10. The molecule has 0 aromatic carbocycles. The average molecular weight is 326 g/mol. The predicted octanol–water partition coefficient (Wildman–Crippen LogP) is 4.91. The van der Waals surface area contributed by atoms with Crippen molar-refractivity contribution in [1.82, 2.24) is 0 Å². The van der Waals surface area contributed by atoms with Gasteiger partial charge in [0.25, 0.3) is 0 Å². The molecule has 0 radical (unpaired) electrons. The van der Waals surface area contributed by atoms with Crippen LogP contribution in [0, 0.1) is 0 Å². The van der Waals surface area contributed by atoms with E-state index < -0.39 is 5.97 Å². The molecule has 0 fully saturated rings. The maximum Gasteiger partial charge on any atom is 0.303 e. The lowest BCUT2D eigenvalue weighted by Crippen LogP contribution is -2.22. The molecule has 0 saturated carbocycles. The number of Topliss-reactive ketones (excluding diaryl/α,β-unsaturated/α-hetero) is 1. The van der Waals surface area contributed by atoms with Gasteiger partial charge in [-0.2, -0.15) is 0 Å². The molecule has 4 nitrogen and oxygen atoms in total. The molecule has 23 heavy (non-hydrogen) atoms. The molecule has 0 rings (SSSR count). The Morgan fingerprint density at radius 2 is 1.70 bits per heavy atom. The van der Waals surface area contributed by atoms with Gasteiger partial charge in [0.2, 0.25) is 0 Å². The summed E-state index contributed by atoms with van der Waals surface area (Å²) in [5, 5.41) is 8.53. The van der Waals surface area contributed by atoms with Crippen LogP contribution in [0.3, 0.4) is 0 Å². The zero-order valence-electron chi connectivity index (χ0n) is 14.9. The van der Waals surface area contributed by atoms with Crippen molar-refractivity contribution in [2.45, 2.75) is 90.1 Å². The number of carbonyl (C=O) groups excluding carboxylic acids is 1. The van der Waals surface area contributed by atoms with E-state index in [1.54, 1.807) is 7.11 Å². The van der Waals surface area contributed by atoms with Crippen LogP contribution in [0.4, 0.5) is 0 Å². The third-order valence-electron chi connectivity index (χ3n) is 3.96. The van der Waals surface area contributed by atoms with E-state index in [1.165, 1.54) is 0 Å². The molecule has 4 heteroatoms. The average Bonchev–Trinajstić information content (AvgIpc) is 2.53. The number of hydrogen-bond acceptors (Lipinski definition) is 3. The fraction of sp³-hybridized carbons (Fsp3) is 0.789. The number of ketones is 1. The number of rotatable bonds is 16. The summed E-state index contributed by atoms with van der Waals surface area (Å²) in [4.78, 5) is 22.4. The number of carboxylic acid groups (broad SMARTS) is 1. The second-order valence-corrected chi connectivity index (χ2v) is 6.06. The molecule has 1 unspecified atom stereocenters. The number of ether oxygens (including phenoxy) is 1.